The maximum atomic E-state index is 10.2. The minimum absolute atomic E-state index is 0.0802. The van der Waals surface area contributed by atoms with Gasteiger partial charge in [-0.3, -0.25) is 0 Å². The van der Waals surface area contributed by atoms with E-state index in [0.29, 0.717) is 10.9 Å². The number of rotatable bonds is 3. The lowest BCUT2D eigenvalue weighted by Gasteiger charge is -2.22. The molecule has 0 aliphatic rings. The first kappa shape index (κ1) is 14.5. The van der Waals surface area contributed by atoms with Gasteiger partial charge < -0.3 is 5.11 Å². The van der Waals surface area contributed by atoms with Gasteiger partial charge in [0.2, 0.25) is 0 Å². The smallest absolute Gasteiger partial charge is 0.0807 e. The summed E-state index contributed by atoms with van der Waals surface area (Å²) in [4.78, 5) is 0. The van der Waals surface area contributed by atoms with Crippen molar-refractivity contribution in [2.45, 2.75) is 52.6 Å². The molecule has 1 N–H and O–H groups in total. The Kier molecular flexibility index (Phi) is 4.62. The van der Waals surface area contributed by atoms with Gasteiger partial charge in [-0.15, -0.1) is 0 Å². The van der Waals surface area contributed by atoms with E-state index in [-0.39, 0.29) is 5.41 Å². The van der Waals surface area contributed by atoms with Gasteiger partial charge in [0.25, 0.3) is 0 Å². The molecule has 17 heavy (non-hydrogen) atoms. The normalized spacial score (nSPS) is 14.1. The van der Waals surface area contributed by atoms with Crippen LogP contribution in [-0.2, 0) is 5.41 Å². The molecule has 0 radical (unpaired) electrons. The Labute approximate surface area is 110 Å². The molecule has 2 heteroatoms. The highest BCUT2D eigenvalue weighted by Gasteiger charge is 2.18. The summed E-state index contributed by atoms with van der Waals surface area (Å²) in [6.07, 6.45) is 0.276. The van der Waals surface area contributed by atoms with Crippen molar-refractivity contribution in [2.24, 2.45) is 5.92 Å². The van der Waals surface area contributed by atoms with Crippen LogP contribution in [0.5, 0.6) is 0 Å². The predicted octanol–water partition coefficient (Wildman–Crippen LogP) is 4.72. The lowest BCUT2D eigenvalue weighted by Crippen LogP contribution is -2.12. The van der Waals surface area contributed by atoms with Crippen LogP contribution in [-0.4, -0.2) is 5.11 Å². The van der Waals surface area contributed by atoms with E-state index in [2.05, 4.69) is 34.6 Å². The second-order valence-corrected chi connectivity index (χ2v) is 6.54. The van der Waals surface area contributed by atoms with Gasteiger partial charge in [-0.25, -0.2) is 0 Å². The molecule has 0 fully saturated rings. The summed E-state index contributed by atoms with van der Waals surface area (Å²) in [6, 6.07) is 5.96. The summed E-state index contributed by atoms with van der Waals surface area (Å²) in [6.45, 7) is 10.7. The van der Waals surface area contributed by atoms with Crippen LogP contribution >= 0.6 is 11.6 Å². The Morgan fingerprint density at radius 2 is 1.82 bits per heavy atom. The van der Waals surface area contributed by atoms with Crippen LogP contribution in [0.3, 0.4) is 0 Å². The van der Waals surface area contributed by atoms with Gasteiger partial charge >= 0.3 is 0 Å². The monoisotopic (exact) mass is 254 g/mol. The summed E-state index contributed by atoms with van der Waals surface area (Å²) in [7, 11) is 0. The zero-order chi connectivity index (χ0) is 13.2. The van der Waals surface area contributed by atoms with Crippen molar-refractivity contribution in [1.29, 1.82) is 0 Å². The van der Waals surface area contributed by atoms with Crippen molar-refractivity contribution < 1.29 is 5.11 Å². The molecule has 0 heterocycles. The zero-order valence-electron chi connectivity index (χ0n) is 11.4. The molecule has 1 aromatic carbocycles. The summed E-state index contributed by atoms with van der Waals surface area (Å²) in [5.41, 5.74) is 2.14. The van der Waals surface area contributed by atoms with Crippen molar-refractivity contribution in [2.75, 3.05) is 0 Å². The summed E-state index contributed by atoms with van der Waals surface area (Å²) >= 11 is 6.16. The molecule has 0 aliphatic carbocycles. The molecule has 0 bridgehead atoms. The predicted molar refractivity (Wildman–Crippen MR) is 74.6 cm³/mol. The molecule has 1 aromatic rings. The number of aliphatic hydroxyl groups is 1. The summed E-state index contributed by atoms with van der Waals surface area (Å²) in [5, 5.41) is 10.8. The summed E-state index contributed by atoms with van der Waals surface area (Å²) in [5.74, 6) is 0.458. The maximum absolute atomic E-state index is 10.2. The molecule has 0 spiro atoms. The molecule has 0 saturated carbocycles. The Hall–Kier alpha value is -0.530. The lowest BCUT2D eigenvalue weighted by atomic mass is 9.85. The molecular weight excluding hydrogens is 232 g/mol. The molecule has 1 unspecified atom stereocenters. The highest BCUT2D eigenvalue weighted by atomic mass is 35.5. The SMILES string of the molecule is CC(C)CC(O)c1cc(C(C)(C)C)ccc1Cl. The van der Waals surface area contributed by atoms with Crippen molar-refractivity contribution in [3.8, 4) is 0 Å². The maximum Gasteiger partial charge on any atom is 0.0807 e. The molecule has 0 saturated heterocycles. The Balaban J connectivity index is 3.06. The fourth-order valence-electron chi connectivity index (χ4n) is 1.84. The average molecular weight is 255 g/mol. The van der Waals surface area contributed by atoms with Gasteiger partial charge in [0.1, 0.15) is 0 Å². The Morgan fingerprint density at radius 3 is 2.29 bits per heavy atom. The first-order chi connectivity index (χ1) is 7.71. The molecule has 0 aliphatic heterocycles. The first-order valence-electron chi connectivity index (χ1n) is 6.20. The van der Waals surface area contributed by atoms with E-state index < -0.39 is 6.10 Å². The molecule has 0 amide bonds. The zero-order valence-corrected chi connectivity index (χ0v) is 12.2. The molecule has 96 valence electrons. The van der Waals surface area contributed by atoms with Gasteiger partial charge in [-0.1, -0.05) is 58.4 Å². The van der Waals surface area contributed by atoms with Crippen LogP contribution in [0.15, 0.2) is 18.2 Å². The molecule has 1 rings (SSSR count). The first-order valence-corrected chi connectivity index (χ1v) is 6.57. The van der Waals surface area contributed by atoms with Gasteiger partial charge in [-0.05, 0) is 34.9 Å². The van der Waals surface area contributed by atoms with E-state index in [0.717, 1.165) is 12.0 Å². The van der Waals surface area contributed by atoms with Gasteiger partial charge in [0.05, 0.1) is 6.10 Å². The standard InChI is InChI=1S/C15H23ClO/c1-10(2)8-14(17)12-9-11(15(3,4)5)6-7-13(12)16/h6-7,9-10,14,17H,8H2,1-5H3. The highest BCUT2D eigenvalue weighted by Crippen LogP contribution is 2.32. The van der Waals surface area contributed by atoms with Crippen molar-refractivity contribution in [3.63, 3.8) is 0 Å². The topological polar surface area (TPSA) is 20.2 Å². The molecule has 1 nitrogen and oxygen atoms in total. The fourth-order valence-corrected chi connectivity index (χ4v) is 2.08. The minimum atomic E-state index is -0.468. The number of halogens is 1. The number of aliphatic hydroxyl groups excluding tert-OH is 1. The third-order valence-corrected chi connectivity index (χ3v) is 3.26. The summed E-state index contributed by atoms with van der Waals surface area (Å²) < 4.78 is 0. The molecular formula is C15H23ClO. The van der Waals surface area contributed by atoms with Crippen molar-refractivity contribution in [3.05, 3.63) is 34.3 Å². The second kappa shape index (κ2) is 5.41. The minimum Gasteiger partial charge on any atom is -0.388 e. The van der Waals surface area contributed by atoms with Crippen LogP contribution < -0.4 is 0 Å². The molecule has 1 atom stereocenters. The van der Waals surface area contributed by atoms with E-state index in [1.807, 2.05) is 18.2 Å². The van der Waals surface area contributed by atoms with Crippen LogP contribution in [0.4, 0.5) is 0 Å². The largest absolute Gasteiger partial charge is 0.388 e. The number of hydrogen-bond acceptors (Lipinski definition) is 1. The average Bonchev–Trinajstić information content (AvgIpc) is 2.15. The van der Waals surface area contributed by atoms with Crippen LogP contribution in [0.25, 0.3) is 0 Å². The Morgan fingerprint density at radius 1 is 1.24 bits per heavy atom. The molecule has 0 aromatic heterocycles. The number of benzene rings is 1. The van der Waals surface area contributed by atoms with Gasteiger partial charge in [0, 0.05) is 5.02 Å². The van der Waals surface area contributed by atoms with Crippen LogP contribution in [0.1, 0.15) is 58.3 Å². The van der Waals surface area contributed by atoms with E-state index in [1.165, 1.54) is 5.56 Å². The van der Waals surface area contributed by atoms with Gasteiger partial charge in [-0.2, -0.15) is 0 Å². The van der Waals surface area contributed by atoms with E-state index in [4.69, 9.17) is 11.6 Å². The van der Waals surface area contributed by atoms with Crippen molar-refractivity contribution in [1.82, 2.24) is 0 Å². The fraction of sp³-hybridized carbons (Fsp3) is 0.600. The Bertz CT molecular complexity index is 377. The van der Waals surface area contributed by atoms with E-state index in [1.54, 1.807) is 0 Å². The van der Waals surface area contributed by atoms with Crippen LogP contribution in [0, 0.1) is 5.92 Å². The second-order valence-electron chi connectivity index (χ2n) is 6.13. The van der Waals surface area contributed by atoms with Crippen molar-refractivity contribution >= 4 is 11.6 Å². The highest BCUT2D eigenvalue weighted by molar-refractivity contribution is 6.31. The lowest BCUT2D eigenvalue weighted by molar-refractivity contribution is 0.151. The third-order valence-electron chi connectivity index (χ3n) is 2.92. The van der Waals surface area contributed by atoms with E-state index >= 15 is 0 Å². The van der Waals surface area contributed by atoms with Gasteiger partial charge in [0.15, 0.2) is 0 Å². The van der Waals surface area contributed by atoms with Crippen LogP contribution in [0.2, 0.25) is 5.02 Å². The quantitative estimate of drug-likeness (QED) is 0.828. The number of hydrogen-bond donors (Lipinski definition) is 1. The third kappa shape index (κ3) is 4.01. The van der Waals surface area contributed by atoms with E-state index in [9.17, 15) is 5.11 Å².